The maximum absolute atomic E-state index is 11.8. The third-order valence-corrected chi connectivity index (χ3v) is 4.56. The number of benzene rings is 1. The van der Waals surface area contributed by atoms with Crippen molar-refractivity contribution in [1.82, 2.24) is 10.2 Å². The van der Waals surface area contributed by atoms with Gasteiger partial charge in [0.05, 0.1) is 13.7 Å². The number of methoxy groups -OCH3 is 2. The number of amides is 1. The lowest BCUT2D eigenvalue weighted by Gasteiger charge is -2.39. The lowest BCUT2D eigenvalue weighted by atomic mass is 9.85. The van der Waals surface area contributed by atoms with Crippen molar-refractivity contribution in [3.63, 3.8) is 0 Å². The van der Waals surface area contributed by atoms with Crippen LogP contribution >= 0.6 is 0 Å². The number of nitrogens with one attached hydrogen (secondary N) is 1. The van der Waals surface area contributed by atoms with Gasteiger partial charge in [-0.1, -0.05) is 12.1 Å². The summed E-state index contributed by atoms with van der Waals surface area (Å²) in [6.07, 6.45) is 2.72. The molecule has 5 heteroatoms. The Morgan fingerprint density at radius 3 is 2.70 bits per heavy atom. The molecular weight excluding hydrogens is 292 g/mol. The number of rotatable bonds is 7. The molecule has 0 spiro atoms. The highest BCUT2D eigenvalue weighted by atomic mass is 16.5. The number of hydrogen-bond acceptors (Lipinski definition) is 4. The van der Waals surface area contributed by atoms with Gasteiger partial charge in [-0.25, -0.2) is 0 Å². The molecule has 0 radical (unpaired) electrons. The largest absolute Gasteiger partial charge is 0.497 e. The SMILES string of the molecule is COCCC(=O)NC[C@H]1CCCN(C)[C@H]1c1ccc(OC)cc1. The van der Waals surface area contributed by atoms with Gasteiger partial charge in [-0.05, 0) is 50.0 Å². The number of ether oxygens (including phenoxy) is 2. The van der Waals surface area contributed by atoms with Crippen molar-refractivity contribution < 1.29 is 14.3 Å². The summed E-state index contributed by atoms with van der Waals surface area (Å²) in [6.45, 7) is 2.27. The zero-order valence-electron chi connectivity index (χ0n) is 14.4. The Morgan fingerprint density at radius 2 is 2.04 bits per heavy atom. The average molecular weight is 320 g/mol. The van der Waals surface area contributed by atoms with Gasteiger partial charge in [-0.2, -0.15) is 0 Å². The Balaban J connectivity index is 2.01. The number of hydrogen-bond donors (Lipinski definition) is 1. The van der Waals surface area contributed by atoms with Gasteiger partial charge < -0.3 is 14.8 Å². The first kappa shape index (κ1) is 17.8. The summed E-state index contributed by atoms with van der Waals surface area (Å²) in [4.78, 5) is 14.2. The van der Waals surface area contributed by atoms with Crippen molar-refractivity contribution in [3.8, 4) is 5.75 Å². The minimum Gasteiger partial charge on any atom is -0.497 e. The van der Waals surface area contributed by atoms with E-state index >= 15 is 0 Å². The van der Waals surface area contributed by atoms with Crippen LogP contribution in [-0.2, 0) is 9.53 Å². The molecule has 1 aliphatic heterocycles. The minimum atomic E-state index is 0.0635. The zero-order chi connectivity index (χ0) is 16.7. The second-order valence-electron chi connectivity index (χ2n) is 6.15. The lowest BCUT2D eigenvalue weighted by Crippen LogP contribution is -2.41. The molecule has 1 heterocycles. The van der Waals surface area contributed by atoms with E-state index in [1.54, 1.807) is 14.2 Å². The van der Waals surface area contributed by atoms with E-state index in [4.69, 9.17) is 9.47 Å². The smallest absolute Gasteiger partial charge is 0.222 e. The third-order valence-electron chi connectivity index (χ3n) is 4.56. The predicted molar refractivity (Wildman–Crippen MR) is 90.6 cm³/mol. The minimum absolute atomic E-state index is 0.0635. The van der Waals surface area contributed by atoms with Crippen LogP contribution in [0, 0.1) is 5.92 Å². The predicted octanol–water partition coefficient (Wildman–Crippen LogP) is 2.23. The highest BCUT2D eigenvalue weighted by Gasteiger charge is 2.30. The van der Waals surface area contributed by atoms with Crippen LogP contribution in [-0.4, -0.2) is 51.8 Å². The fourth-order valence-electron chi connectivity index (χ4n) is 3.33. The molecule has 1 aliphatic rings. The van der Waals surface area contributed by atoms with Crippen LogP contribution in [0.4, 0.5) is 0 Å². The molecule has 0 saturated carbocycles. The van der Waals surface area contributed by atoms with Crippen molar-refractivity contribution in [2.45, 2.75) is 25.3 Å². The summed E-state index contributed by atoms with van der Waals surface area (Å²) < 4.78 is 10.2. The summed E-state index contributed by atoms with van der Waals surface area (Å²) in [6, 6.07) is 8.60. The van der Waals surface area contributed by atoms with Gasteiger partial charge >= 0.3 is 0 Å². The maximum atomic E-state index is 11.8. The maximum Gasteiger partial charge on any atom is 0.222 e. The van der Waals surface area contributed by atoms with E-state index in [2.05, 4.69) is 29.4 Å². The van der Waals surface area contributed by atoms with Crippen molar-refractivity contribution in [2.75, 3.05) is 41.0 Å². The molecule has 2 rings (SSSR count). The molecule has 0 unspecified atom stereocenters. The molecule has 0 bridgehead atoms. The number of carbonyl (C=O) groups excluding carboxylic acids is 1. The van der Waals surface area contributed by atoms with E-state index in [1.165, 1.54) is 12.0 Å². The molecule has 1 aromatic rings. The normalized spacial score (nSPS) is 21.9. The molecule has 1 fully saturated rings. The van der Waals surface area contributed by atoms with Crippen LogP contribution < -0.4 is 10.1 Å². The monoisotopic (exact) mass is 320 g/mol. The van der Waals surface area contributed by atoms with Crippen LogP contribution in [0.3, 0.4) is 0 Å². The average Bonchev–Trinajstić information content (AvgIpc) is 2.58. The molecule has 23 heavy (non-hydrogen) atoms. The second-order valence-corrected chi connectivity index (χ2v) is 6.15. The van der Waals surface area contributed by atoms with E-state index < -0.39 is 0 Å². The summed E-state index contributed by atoms with van der Waals surface area (Å²) in [7, 11) is 5.46. The molecule has 5 nitrogen and oxygen atoms in total. The van der Waals surface area contributed by atoms with Crippen LogP contribution in [0.15, 0.2) is 24.3 Å². The first-order valence-electron chi connectivity index (χ1n) is 8.25. The molecule has 1 amide bonds. The van der Waals surface area contributed by atoms with E-state index in [1.807, 2.05) is 12.1 Å². The fourth-order valence-corrected chi connectivity index (χ4v) is 3.33. The molecule has 128 valence electrons. The highest BCUT2D eigenvalue weighted by Crippen LogP contribution is 2.35. The molecule has 1 N–H and O–H groups in total. The first-order valence-corrected chi connectivity index (χ1v) is 8.25. The molecule has 0 aromatic heterocycles. The van der Waals surface area contributed by atoms with E-state index in [0.29, 0.717) is 31.5 Å². The number of likely N-dealkylation sites (tertiary alicyclic amines) is 1. The van der Waals surface area contributed by atoms with Crippen molar-refractivity contribution in [2.24, 2.45) is 5.92 Å². The van der Waals surface area contributed by atoms with Crippen LogP contribution in [0.1, 0.15) is 30.9 Å². The fraction of sp³-hybridized carbons (Fsp3) is 0.611. The van der Waals surface area contributed by atoms with Crippen LogP contribution in [0.5, 0.6) is 5.75 Å². The van der Waals surface area contributed by atoms with Gasteiger partial charge in [-0.15, -0.1) is 0 Å². The summed E-state index contributed by atoms with van der Waals surface area (Å²) in [5.41, 5.74) is 1.28. The Bertz CT molecular complexity index is 490. The molecule has 2 atom stereocenters. The number of piperidine rings is 1. The summed E-state index contributed by atoms with van der Waals surface area (Å²) >= 11 is 0. The van der Waals surface area contributed by atoms with Crippen LogP contribution in [0.25, 0.3) is 0 Å². The number of nitrogens with zero attached hydrogens (tertiary/aromatic N) is 1. The van der Waals surface area contributed by atoms with Crippen molar-refractivity contribution in [1.29, 1.82) is 0 Å². The molecule has 1 saturated heterocycles. The Morgan fingerprint density at radius 1 is 1.30 bits per heavy atom. The molecule has 0 aliphatic carbocycles. The standard InChI is InChI=1S/C18H28N2O3/c1-20-11-4-5-15(13-19-17(21)10-12-22-2)18(20)14-6-8-16(23-3)9-7-14/h6-9,15,18H,4-5,10-13H2,1-3H3,(H,19,21)/t15-,18+/m1/s1. The lowest BCUT2D eigenvalue weighted by molar-refractivity contribution is -0.122. The van der Waals surface area contributed by atoms with Gasteiger partial charge in [-0.3, -0.25) is 9.69 Å². The Kier molecular flexibility index (Phi) is 6.86. The Labute approximate surface area is 139 Å². The number of carbonyl (C=O) groups is 1. The summed E-state index contributed by atoms with van der Waals surface area (Å²) in [5.74, 6) is 1.36. The highest BCUT2D eigenvalue weighted by molar-refractivity contribution is 5.75. The quantitative estimate of drug-likeness (QED) is 0.837. The van der Waals surface area contributed by atoms with Crippen LogP contribution in [0.2, 0.25) is 0 Å². The third kappa shape index (κ3) is 4.94. The van der Waals surface area contributed by atoms with Gasteiger partial charge in [0.25, 0.3) is 0 Å². The van der Waals surface area contributed by atoms with Gasteiger partial charge in [0, 0.05) is 26.1 Å². The van der Waals surface area contributed by atoms with Crippen molar-refractivity contribution in [3.05, 3.63) is 29.8 Å². The summed E-state index contributed by atoms with van der Waals surface area (Å²) in [5, 5.41) is 3.06. The van der Waals surface area contributed by atoms with Crippen molar-refractivity contribution >= 4 is 5.91 Å². The van der Waals surface area contributed by atoms with Gasteiger partial charge in [0.2, 0.25) is 5.91 Å². The van der Waals surface area contributed by atoms with Gasteiger partial charge in [0.15, 0.2) is 0 Å². The first-order chi connectivity index (χ1) is 11.2. The second kappa shape index (κ2) is 8.89. The van der Waals surface area contributed by atoms with Gasteiger partial charge in [0.1, 0.15) is 5.75 Å². The molecular formula is C18H28N2O3. The van der Waals surface area contributed by atoms with E-state index in [0.717, 1.165) is 18.7 Å². The molecule has 1 aromatic carbocycles. The Hall–Kier alpha value is -1.59. The van der Waals surface area contributed by atoms with E-state index in [9.17, 15) is 4.79 Å². The topological polar surface area (TPSA) is 50.8 Å². The zero-order valence-corrected chi connectivity index (χ0v) is 14.4. The van der Waals surface area contributed by atoms with E-state index in [-0.39, 0.29) is 5.91 Å².